The van der Waals surface area contributed by atoms with E-state index in [1.54, 1.807) is 0 Å². The van der Waals surface area contributed by atoms with Crippen molar-refractivity contribution in [2.45, 2.75) is 32.2 Å². The Bertz CT molecular complexity index is 177. The van der Waals surface area contributed by atoms with Crippen molar-refractivity contribution >= 4 is 5.91 Å². The van der Waals surface area contributed by atoms with Gasteiger partial charge in [0.05, 0.1) is 0 Å². The SMILES string of the molecule is CCCOCC(=O)N1CCC(N)CC1. The molecule has 0 unspecified atom stereocenters. The molecular weight excluding hydrogens is 180 g/mol. The molecule has 0 aliphatic carbocycles. The third-order valence-corrected chi connectivity index (χ3v) is 2.47. The Labute approximate surface area is 85.4 Å². The van der Waals surface area contributed by atoms with Gasteiger partial charge in [-0.3, -0.25) is 4.79 Å². The summed E-state index contributed by atoms with van der Waals surface area (Å²) in [5, 5.41) is 0. The van der Waals surface area contributed by atoms with Crippen molar-refractivity contribution in [1.82, 2.24) is 4.90 Å². The van der Waals surface area contributed by atoms with E-state index in [2.05, 4.69) is 0 Å². The second-order valence-corrected chi connectivity index (χ2v) is 3.77. The highest BCUT2D eigenvalue weighted by Crippen LogP contribution is 2.08. The van der Waals surface area contributed by atoms with Gasteiger partial charge in [-0.2, -0.15) is 0 Å². The predicted molar refractivity (Wildman–Crippen MR) is 54.9 cm³/mol. The van der Waals surface area contributed by atoms with Crippen molar-refractivity contribution < 1.29 is 9.53 Å². The number of likely N-dealkylation sites (tertiary alicyclic amines) is 1. The summed E-state index contributed by atoms with van der Waals surface area (Å²) in [5.41, 5.74) is 5.75. The van der Waals surface area contributed by atoms with E-state index < -0.39 is 0 Å². The first kappa shape index (κ1) is 11.5. The summed E-state index contributed by atoms with van der Waals surface area (Å²) in [4.78, 5) is 13.4. The molecule has 4 nitrogen and oxygen atoms in total. The van der Waals surface area contributed by atoms with E-state index in [4.69, 9.17) is 10.5 Å². The summed E-state index contributed by atoms with van der Waals surface area (Å²) in [7, 11) is 0. The fourth-order valence-corrected chi connectivity index (χ4v) is 1.54. The number of nitrogens with two attached hydrogens (primary N) is 1. The monoisotopic (exact) mass is 200 g/mol. The van der Waals surface area contributed by atoms with Gasteiger partial charge in [-0.25, -0.2) is 0 Å². The number of rotatable bonds is 4. The van der Waals surface area contributed by atoms with Crippen molar-refractivity contribution in [2.75, 3.05) is 26.3 Å². The molecule has 0 aromatic heterocycles. The third kappa shape index (κ3) is 3.64. The predicted octanol–water partition coefficient (Wildman–Crippen LogP) is 0.363. The number of hydrogen-bond acceptors (Lipinski definition) is 3. The topological polar surface area (TPSA) is 55.6 Å². The Morgan fingerprint density at radius 3 is 2.71 bits per heavy atom. The maximum absolute atomic E-state index is 11.5. The summed E-state index contributed by atoms with van der Waals surface area (Å²) in [6.45, 7) is 4.50. The van der Waals surface area contributed by atoms with Crippen molar-refractivity contribution in [3.05, 3.63) is 0 Å². The van der Waals surface area contributed by atoms with E-state index in [0.717, 1.165) is 32.4 Å². The van der Waals surface area contributed by atoms with Gasteiger partial charge in [-0.05, 0) is 19.3 Å². The first-order valence-electron chi connectivity index (χ1n) is 5.35. The second kappa shape index (κ2) is 5.98. The minimum absolute atomic E-state index is 0.102. The van der Waals surface area contributed by atoms with Crippen LogP contribution in [0.25, 0.3) is 0 Å². The highest BCUT2D eigenvalue weighted by Gasteiger charge is 2.19. The zero-order valence-electron chi connectivity index (χ0n) is 8.87. The summed E-state index contributed by atoms with van der Waals surface area (Å²) in [5.74, 6) is 0.102. The Morgan fingerprint density at radius 1 is 1.50 bits per heavy atom. The first-order chi connectivity index (χ1) is 6.74. The van der Waals surface area contributed by atoms with E-state index in [9.17, 15) is 4.79 Å². The first-order valence-corrected chi connectivity index (χ1v) is 5.35. The lowest BCUT2D eigenvalue weighted by atomic mass is 10.1. The maximum atomic E-state index is 11.5. The van der Waals surface area contributed by atoms with Crippen molar-refractivity contribution in [2.24, 2.45) is 5.73 Å². The van der Waals surface area contributed by atoms with Gasteiger partial charge >= 0.3 is 0 Å². The lowest BCUT2D eigenvalue weighted by Gasteiger charge is -2.30. The van der Waals surface area contributed by atoms with E-state index in [0.29, 0.717) is 6.61 Å². The average Bonchev–Trinajstić information content (AvgIpc) is 2.19. The smallest absolute Gasteiger partial charge is 0.248 e. The lowest BCUT2D eigenvalue weighted by Crippen LogP contribution is -2.44. The van der Waals surface area contributed by atoms with E-state index in [1.807, 2.05) is 11.8 Å². The summed E-state index contributed by atoms with van der Waals surface area (Å²) < 4.78 is 5.20. The third-order valence-electron chi connectivity index (χ3n) is 2.47. The molecule has 4 heteroatoms. The fourth-order valence-electron chi connectivity index (χ4n) is 1.54. The van der Waals surface area contributed by atoms with Crippen molar-refractivity contribution in [3.63, 3.8) is 0 Å². The van der Waals surface area contributed by atoms with Crippen LogP contribution in [-0.2, 0) is 9.53 Å². The number of hydrogen-bond donors (Lipinski definition) is 1. The van der Waals surface area contributed by atoms with Gasteiger partial charge in [0.25, 0.3) is 0 Å². The summed E-state index contributed by atoms with van der Waals surface area (Å²) in [6, 6.07) is 0.274. The molecule has 0 aromatic carbocycles. The highest BCUT2D eigenvalue weighted by molar-refractivity contribution is 5.77. The normalized spacial score (nSPS) is 18.6. The number of carbonyl (C=O) groups is 1. The molecule has 1 heterocycles. The fraction of sp³-hybridized carbons (Fsp3) is 0.900. The Hall–Kier alpha value is -0.610. The van der Waals surface area contributed by atoms with E-state index in [-0.39, 0.29) is 18.6 Å². The minimum Gasteiger partial charge on any atom is -0.372 e. The van der Waals surface area contributed by atoms with Crippen LogP contribution in [0.2, 0.25) is 0 Å². The maximum Gasteiger partial charge on any atom is 0.248 e. The summed E-state index contributed by atoms with van der Waals surface area (Å²) >= 11 is 0. The van der Waals surface area contributed by atoms with Gasteiger partial charge in [0.2, 0.25) is 5.91 Å². The van der Waals surface area contributed by atoms with Gasteiger partial charge in [0.15, 0.2) is 0 Å². The molecule has 0 aromatic rings. The Balaban J connectivity index is 2.17. The molecule has 2 N–H and O–H groups in total. The molecule has 1 saturated heterocycles. The highest BCUT2D eigenvalue weighted by atomic mass is 16.5. The minimum atomic E-state index is 0.102. The summed E-state index contributed by atoms with van der Waals surface area (Å²) in [6.07, 6.45) is 2.79. The van der Waals surface area contributed by atoms with Crippen LogP contribution < -0.4 is 5.73 Å². The zero-order chi connectivity index (χ0) is 10.4. The molecule has 1 rings (SSSR count). The number of nitrogens with zero attached hydrogens (tertiary/aromatic N) is 1. The molecule has 1 fully saturated rings. The quantitative estimate of drug-likeness (QED) is 0.667. The molecule has 82 valence electrons. The van der Waals surface area contributed by atoms with Crippen LogP contribution in [0, 0.1) is 0 Å². The van der Waals surface area contributed by atoms with E-state index >= 15 is 0 Å². The average molecular weight is 200 g/mol. The van der Waals surface area contributed by atoms with Gasteiger partial charge < -0.3 is 15.4 Å². The van der Waals surface area contributed by atoms with Crippen LogP contribution in [0.5, 0.6) is 0 Å². The Morgan fingerprint density at radius 2 is 2.14 bits per heavy atom. The van der Waals surface area contributed by atoms with Crippen LogP contribution in [0.4, 0.5) is 0 Å². The molecule has 0 saturated carbocycles. The van der Waals surface area contributed by atoms with E-state index in [1.165, 1.54) is 0 Å². The molecular formula is C10H20N2O2. The Kier molecular flexibility index (Phi) is 4.90. The van der Waals surface area contributed by atoms with Gasteiger partial charge in [0, 0.05) is 25.7 Å². The number of carbonyl (C=O) groups excluding carboxylic acids is 1. The second-order valence-electron chi connectivity index (χ2n) is 3.77. The van der Waals surface area contributed by atoms with Gasteiger partial charge in [-0.15, -0.1) is 0 Å². The van der Waals surface area contributed by atoms with Crippen LogP contribution >= 0.6 is 0 Å². The molecule has 0 bridgehead atoms. The van der Waals surface area contributed by atoms with Gasteiger partial charge in [-0.1, -0.05) is 6.92 Å². The molecule has 1 amide bonds. The number of amides is 1. The zero-order valence-corrected chi connectivity index (χ0v) is 8.87. The van der Waals surface area contributed by atoms with Crippen LogP contribution in [0.1, 0.15) is 26.2 Å². The molecule has 0 spiro atoms. The van der Waals surface area contributed by atoms with Crippen molar-refractivity contribution in [1.29, 1.82) is 0 Å². The molecule has 14 heavy (non-hydrogen) atoms. The van der Waals surface area contributed by atoms with Crippen LogP contribution in [0.3, 0.4) is 0 Å². The number of piperidine rings is 1. The molecule has 0 radical (unpaired) electrons. The van der Waals surface area contributed by atoms with Crippen LogP contribution in [-0.4, -0.2) is 43.2 Å². The molecule has 0 atom stereocenters. The number of ether oxygens (including phenoxy) is 1. The van der Waals surface area contributed by atoms with Crippen molar-refractivity contribution in [3.8, 4) is 0 Å². The molecule has 1 aliphatic heterocycles. The molecule has 1 aliphatic rings. The van der Waals surface area contributed by atoms with Gasteiger partial charge in [0.1, 0.15) is 6.61 Å². The van der Waals surface area contributed by atoms with Crippen LogP contribution in [0.15, 0.2) is 0 Å². The lowest BCUT2D eigenvalue weighted by molar-refractivity contribution is -0.137. The standard InChI is InChI=1S/C10H20N2O2/c1-2-7-14-8-10(13)12-5-3-9(11)4-6-12/h9H,2-8,11H2,1H3. The largest absolute Gasteiger partial charge is 0.372 e.